The number of carbonyl (C=O) groups excluding carboxylic acids is 2. The van der Waals surface area contributed by atoms with E-state index in [-0.39, 0.29) is 23.8 Å². The van der Waals surface area contributed by atoms with Crippen LogP contribution in [0.25, 0.3) is 0 Å². The van der Waals surface area contributed by atoms with Crippen LogP contribution in [0.15, 0.2) is 36.8 Å². The minimum absolute atomic E-state index is 0.0807. The zero-order valence-electron chi connectivity index (χ0n) is 15.6. The van der Waals surface area contributed by atoms with Crippen molar-refractivity contribution in [2.45, 2.75) is 45.3 Å². The highest BCUT2D eigenvalue weighted by Gasteiger charge is 2.41. The smallest absolute Gasteiger partial charge is 0.228 e. The molecule has 0 unspecified atom stereocenters. The lowest BCUT2D eigenvalue weighted by molar-refractivity contribution is -0.140. The second-order valence-corrected chi connectivity index (χ2v) is 7.43. The number of imidazole rings is 1. The second-order valence-electron chi connectivity index (χ2n) is 7.43. The summed E-state index contributed by atoms with van der Waals surface area (Å²) in [5.41, 5.74) is 0.895. The fourth-order valence-electron chi connectivity index (χ4n) is 4.13. The van der Waals surface area contributed by atoms with Gasteiger partial charge in [-0.15, -0.1) is 0 Å². The van der Waals surface area contributed by atoms with E-state index in [9.17, 15) is 9.59 Å². The van der Waals surface area contributed by atoms with Crippen molar-refractivity contribution >= 4 is 11.8 Å². The first kappa shape index (κ1) is 17.7. The minimum Gasteiger partial charge on any atom is -0.340 e. The number of nitrogens with zero attached hydrogens (tertiary/aromatic N) is 5. The maximum Gasteiger partial charge on any atom is 0.228 e. The van der Waals surface area contributed by atoms with Gasteiger partial charge in [-0.05, 0) is 31.9 Å². The summed E-state index contributed by atoms with van der Waals surface area (Å²) in [7, 11) is 0. The molecule has 2 aromatic rings. The molecule has 7 heteroatoms. The Balaban J connectivity index is 1.43. The Morgan fingerprint density at radius 2 is 2.07 bits per heavy atom. The molecular formula is C20H25N5O2. The molecule has 5 heterocycles. The van der Waals surface area contributed by atoms with Crippen molar-refractivity contribution in [3.05, 3.63) is 48.3 Å². The van der Waals surface area contributed by atoms with Crippen LogP contribution >= 0.6 is 0 Å². The molecule has 0 spiro atoms. The van der Waals surface area contributed by atoms with E-state index in [1.807, 2.05) is 45.7 Å². The van der Waals surface area contributed by atoms with Crippen molar-refractivity contribution in [2.24, 2.45) is 5.92 Å². The summed E-state index contributed by atoms with van der Waals surface area (Å²) in [6.45, 7) is 4.25. The van der Waals surface area contributed by atoms with Gasteiger partial charge in [0.1, 0.15) is 5.82 Å². The number of piperidine rings is 1. The van der Waals surface area contributed by atoms with Crippen molar-refractivity contribution < 1.29 is 9.59 Å². The maximum atomic E-state index is 12.9. The lowest BCUT2D eigenvalue weighted by Crippen LogP contribution is -2.47. The Hall–Kier alpha value is -2.70. The number of carbonyl (C=O) groups is 2. The van der Waals surface area contributed by atoms with Crippen LogP contribution in [0.5, 0.6) is 0 Å². The number of aryl methyl sites for hydroxylation is 2. The molecule has 7 nitrogen and oxygen atoms in total. The van der Waals surface area contributed by atoms with E-state index >= 15 is 0 Å². The number of hydrogen-bond acceptors (Lipinski definition) is 4. The lowest BCUT2D eigenvalue weighted by atomic mass is 9.94. The van der Waals surface area contributed by atoms with Crippen LogP contribution in [0, 0.1) is 12.8 Å². The third-order valence-electron chi connectivity index (χ3n) is 5.69. The predicted octanol–water partition coefficient (Wildman–Crippen LogP) is 1.63. The SMILES string of the molecule is Cc1nccn1CCC(=O)N1C[C@@H]2CC[C@H](C1)N(Cc1ccccn1)C2=O. The molecule has 0 aromatic carbocycles. The van der Waals surface area contributed by atoms with Gasteiger partial charge in [-0.3, -0.25) is 14.6 Å². The van der Waals surface area contributed by atoms with Crippen LogP contribution in [0.3, 0.4) is 0 Å². The molecule has 3 aliphatic heterocycles. The highest BCUT2D eigenvalue weighted by molar-refractivity contribution is 5.83. The molecule has 5 rings (SSSR count). The highest BCUT2D eigenvalue weighted by atomic mass is 16.2. The summed E-state index contributed by atoms with van der Waals surface area (Å²) in [5, 5.41) is 0. The zero-order chi connectivity index (χ0) is 18.8. The van der Waals surface area contributed by atoms with Gasteiger partial charge in [-0.1, -0.05) is 6.07 Å². The number of hydrogen-bond donors (Lipinski definition) is 0. The molecule has 3 fully saturated rings. The van der Waals surface area contributed by atoms with E-state index in [4.69, 9.17) is 0 Å². The van der Waals surface area contributed by atoms with Crippen LogP contribution in [0.2, 0.25) is 0 Å². The molecule has 0 aliphatic carbocycles. The monoisotopic (exact) mass is 367 g/mol. The minimum atomic E-state index is -0.0913. The summed E-state index contributed by atoms with van der Waals surface area (Å²) in [4.78, 5) is 38.1. The predicted molar refractivity (Wildman–Crippen MR) is 99.5 cm³/mol. The third-order valence-corrected chi connectivity index (χ3v) is 5.69. The van der Waals surface area contributed by atoms with Crippen LogP contribution < -0.4 is 0 Å². The quantitative estimate of drug-likeness (QED) is 0.805. The van der Waals surface area contributed by atoms with Crippen molar-refractivity contribution in [2.75, 3.05) is 13.1 Å². The van der Waals surface area contributed by atoms with E-state index in [0.717, 1.165) is 24.4 Å². The number of rotatable bonds is 5. The standard InChI is InChI=1S/C20H25N5O2/c1-15-21-9-11-23(15)10-7-19(26)24-12-16-5-6-18(14-24)25(20(16)27)13-17-4-2-3-8-22-17/h2-4,8-9,11,16,18H,5-7,10,12-14H2,1H3/t16-,18+/m0/s1. The van der Waals surface area contributed by atoms with Gasteiger partial charge in [0.2, 0.25) is 11.8 Å². The summed E-state index contributed by atoms with van der Waals surface area (Å²) in [6.07, 6.45) is 7.65. The molecule has 27 heavy (non-hydrogen) atoms. The average Bonchev–Trinajstić information content (AvgIpc) is 2.90. The molecule has 2 bridgehead atoms. The van der Waals surface area contributed by atoms with Crippen molar-refractivity contribution in [1.82, 2.24) is 24.3 Å². The summed E-state index contributed by atoms with van der Waals surface area (Å²) >= 11 is 0. The van der Waals surface area contributed by atoms with Gasteiger partial charge in [-0.2, -0.15) is 0 Å². The summed E-state index contributed by atoms with van der Waals surface area (Å²) < 4.78 is 1.99. The molecule has 0 N–H and O–H groups in total. The Kier molecular flexibility index (Phi) is 4.92. The Morgan fingerprint density at radius 3 is 2.81 bits per heavy atom. The van der Waals surface area contributed by atoms with Gasteiger partial charge in [0.05, 0.1) is 18.2 Å². The van der Waals surface area contributed by atoms with E-state index < -0.39 is 0 Å². The molecule has 3 aliphatic rings. The molecule has 0 radical (unpaired) electrons. The first-order valence-electron chi connectivity index (χ1n) is 9.57. The Labute approximate surface area is 159 Å². The molecule has 142 valence electrons. The Morgan fingerprint density at radius 1 is 1.19 bits per heavy atom. The summed E-state index contributed by atoms with van der Waals surface area (Å²) in [5.74, 6) is 1.10. The van der Waals surface area contributed by atoms with Gasteiger partial charge in [-0.25, -0.2) is 4.98 Å². The zero-order valence-corrected chi connectivity index (χ0v) is 15.6. The molecule has 3 saturated heterocycles. The van der Waals surface area contributed by atoms with E-state index in [1.165, 1.54) is 0 Å². The van der Waals surface area contributed by atoms with Gasteiger partial charge in [0.15, 0.2) is 0 Å². The van der Waals surface area contributed by atoms with Crippen LogP contribution in [0.4, 0.5) is 0 Å². The van der Waals surface area contributed by atoms with E-state index in [0.29, 0.717) is 32.6 Å². The average molecular weight is 367 g/mol. The van der Waals surface area contributed by atoms with Gasteiger partial charge in [0, 0.05) is 50.7 Å². The fourth-order valence-corrected chi connectivity index (χ4v) is 4.13. The van der Waals surface area contributed by atoms with Gasteiger partial charge < -0.3 is 14.4 Å². The first-order valence-corrected chi connectivity index (χ1v) is 9.57. The molecule has 0 saturated carbocycles. The number of aromatic nitrogens is 3. The number of pyridine rings is 1. The second kappa shape index (κ2) is 7.50. The lowest BCUT2D eigenvalue weighted by Gasteiger charge is -2.35. The molecule has 2 amide bonds. The third kappa shape index (κ3) is 3.72. The van der Waals surface area contributed by atoms with E-state index in [2.05, 4.69) is 9.97 Å². The molecule has 2 atom stereocenters. The fraction of sp³-hybridized carbons (Fsp3) is 0.500. The van der Waals surface area contributed by atoms with E-state index in [1.54, 1.807) is 12.4 Å². The normalized spacial score (nSPS) is 22.2. The van der Waals surface area contributed by atoms with Gasteiger partial charge in [0.25, 0.3) is 0 Å². The van der Waals surface area contributed by atoms with Crippen molar-refractivity contribution in [3.63, 3.8) is 0 Å². The van der Waals surface area contributed by atoms with Crippen LogP contribution in [-0.2, 0) is 22.7 Å². The van der Waals surface area contributed by atoms with Crippen LogP contribution in [0.1, 0.15) is 30.8 Å². The first-order chi connectivity index (χ1) is 13.1. The Bertz CT molecular complexity index is 819. The molecular weight excluding hydrogens is 342 g/mol. The molecule has 2 aromatic heterocycles. The topological polar surface area (TPSA) is 71.3 Å². The van der Waals surface area contributed by atoms with Crippen molar-refractivity contribution in [1.29, 1.82) is 0 Å². The van der Waals surface area contributed by atoms with Crippen LogP contribution in [-0.4, -0.2) is 55.3 Å². The highest BCUT2D eigenvalue weighted by Crippen LogP contribution is 2.30. The van der Waals surface area contributed by atoms with Gasteiger partial charge >= 0.3 is 0 Å². The number of amides is 2. The number of fused-ring (bicyclic) bond motifs is 4. The largest absolute Gasteiger partial charge is 0.340 e. The maximum absolute atomic E-state index is 12.9. The van der Waals surface area contributed by atoms with Crippen molar-refractivity contribution in [3.8, 4) is 0 Å². The summed E-state index contributed by atoms with van der Waals surface area (Å²) in [6, 6.07) is 5.85.